The van der Waals surface area contributed by atoms with E-state index in [2.05, 4.69) is 5.32 Å². The molecule has 116 valence electrons. The van der Waals surface area contributed by atoms with Crippen LogP contribution in [0.3, 0.4) is 0 Å². The molecule has 0 heterocycles. The van der Waals surface area contributed by atoms with E-state index in [1.807, 2.05) is 6.92 Å². The molecule has 0 saturated carbocycles. The number of ether oxygens (including phenoxy) is 2. The van der Waals surface area contributed by atoms with E-state index in [1.54, 1.807) is 25.1 Å². The number of amides is 1. The summed E-state index contributed by atoms with van der Waals surface area (Å²) in [4.78, 5) is 22.9. The van der Waals surface area contributed by atoms with Crippen LogP contribution >= 0.6 is 0 Å². The summed E-state index contributed by atoms with van der Waals surface area (Å²) >= 11 is 0. The normalized spacial score (nSPS) is 11.6. The summed E-state index contributed by atoms with van der Waals surface area (Å²) in [5.41, 5.74) is 0.399. The molecule has 1 aromatic rings. The van der Waals surface area contributed by atoms with Crippen LogP contribution in [0, 0.1) is 5.92 Å². The first-order valence-electron chi connectivity index (χ1n) is 6.85. The van der Waals surface area contributed by atoms with Gasteiger partial charge in [-0.15, -0.1) is 0 Å². The van der Waals surface area contributed by atoms with Crippen molar-refractivity contribution in [1.82, 2.24) is 5.32 Å². The van der Waals surface area contributed by atoms with Crippen LogP contribution in [0.15, 0.2) is 18.2 Å². The van der Waals surface area contributed by atoms with Crippen LogP contribution in [0.1, 0.15) is 30.6 Å². The largest absolute Gasteiger partial charge is 0.493 e. The molecular formula is C15H21NO5. The van der Waals surface area contributed by atoms with E-state index in [4.69, 9.17) is 14.6 Å². The van der Waals surface area contributed by atoms with Gasteiger partial charge in [0.15, 0.2) is 11.5 Å². The van der Waals surface area contributed by atoms with E-state index in [9.17, 15) is 9.59 Å². The summed E-state index contributed by atoms with van der Waals surface area (Å²) in [7, 11) is 1.50. The minimum Gasteiger partial charge on any atom is -0.493 e. The predicted octanol–water partition coefficient (Wildman–Crippen LogP) is 1.93. The fraction of sp³-hybridized carbons (Fsp3) is 0.467. The maximum absolute atomic E-state index is 12.0. The second-order valence-electron chi connectivity index (χ2n) is 4.45. The van der Waals surface area contributed by atoms with Crippen LogP contribution in [0.5, 0.6) is 11.5 Å². The Labute approximate surface area is 124 Å². The number of carbonyl (C=O) groups excluding carboxylic acids is 1. The summed E-state index contributed by atoms with van der Waals surface area (Å²) < 4.78 is 10.5. The van der Waals surface area contributed by atoms with Gasteiger partial charge in [0.25, 0.3) is 5.91 Å². The monoisotopic (exact) mass is 295 g/mol. The average molecular weight is 295 g/mol. The van der Waals surface area contributed by atoms with Crippen LogP contribution in [-0.2, 0) is 4.79 Å². The predicted molar refractivity (Wildman–Crippen MR) is 77.9 cm³/mol. The summed E-state index contributed by atoms with van der Waals surface area (Å²) in [5.74, 6) is -0.806. The molecule has 0 radical (unpaired) electrons. The summed E-state index contributed by atoms with van der Waals surface area (Å²) in [5, 5.41) is 11.6. The molecule has 0 saturated heterocycles. The third kappa shape index (κ3) is 4.66. The molecule has 2 N–H and O–H groups in total. The zero-order chi connectivity index (χ0) is 15.8. The minimum absolute atomic E-state index is 0.0974. The Morgan fingerprint density at radius 1 is 1.29 bits per heavy atom. The molecule has 21 heavy (non-hydrogen) atoms. The number of benzene rings is 1. The lowest BCUT2D eigenvalue weighted by Gasteiger charge is -2.13. The van der Waals surface area contributed by atoms with Gasteiger partial charge in [0.05, 0.1) is 19.6 Å². The van der Waals surface area contributed by atoms with E-state index < -0.39 is 11.9 Å². The Hall–Kier alpha value is -2.24. The molecular weight excluding hydrogens is 274 g/mol. The molecule has 1 rings (SSSR count). The topological polar surface area (TPSA) is 84.9 Å². The molecule has 0 bridgehead atoms. The van der Waals surface area contributed by atoms with Crippen molar-refractivity contribution in [2.45, 2.75) is 20.3 Å². The van der Waals surface area contributed by atoms with Crippen molar-refractivity contribution in [3.05, 3.63) is 23.8 Å². The standard InChI is InChI=1S/C15H21NO5/c1-4-10(15(18)19)9-16-14(17)11-6-7-12(21-5-2)13(8-11)20-3/h6-8,10H,4-5,9H2,1-3H3,(H,16,17)(H,18,19). The van der Waals surface area contributed by atoms with Gasteiger partial charge in [-0.3, -0.25) is 9.59 Å². The Balaban J connectivity index is 2.76. The number of carboxylic acids is 1. The molecule has 6 heteroatoms. The lowest BCUT2D eigenvalue weighted by Crippen LogP contribution is -2.32. The first kappa shape index (κ1) is 16.8. The first-order valence-corrected chi connectivity index (χ1v) is 6.85. The van der Waals surface area contributed by atoms with Crippen LogP contribution in [0.4, 0.5) is 0 Å². The molecule has 1 atom stereocenters. The molecule has 0 aliphatic rings. The first-order chi connectivity index (χ1) is 10.0. The number of carbonyl (C=O) groups is 2. The number of rotatable bonds is 8. The second-order valence-corrected chi connectivity index (χ2v) is 4.45. The molecule has 0 spiro atoms. The quantitative estimate of drug-likeness (QED) is 0.765. The molecule has 1 unspecified atom stereocenters. The lowest BCUT2D eigenvalue weighted by atomic mass is 10.1. The number of aliphatic carboxylic acids is 1. The van der Waals surface area contributed by atoms with Crippen LogP contribution in [-0.4, -0.2) is 37.2 Å². The Kier molecular flexibility index (Phi) is 6.52. The lowest BCUT2D eigenvalue weighted by molar-refractivity contribution is -0.141. The number of methoxy groups -OCH3 is 1. The van der Waals surface area contributed by atoms with Crippen LogP contribution < -0.4 is 14.8 Å². The fourth-order valence-corrected chi connectivity index (χ4v) is 1.81. The van der Waals surface area contributed by atoms with Gasteiger partial charge in [-0.25, -0.2) is 0 Å². The van der Waals surface area contributed by atoms with E-state index in [1.165, 1.54) is 7.11 Å². The van der Waals surface area contributed by atoms with Crippen molar-refractivity contribution >= 4 is 11.9 Å². The van der Waals surface area contributed by atoms with Crippen LogP contribution in [0.2, 0.25) is 0 Å². The highest BCUT2D eigenvalue weighted by Gasteiger charge is 2.17. The fourth-order valence-electron chi connectivity index (χ4n) is 1.81. The smallest absolute Gasteiger partial charge is 0.308 e. The van der Waals surface area contributed by atoms with Gasteiger partial charge in [0, 0.05) is 12.1 Å². The van der Waals surface area contributed by atoms with E-state index in [0.717, 1.165) is 0 Å². The number of nitrogens with one attached hydrogen (secondary N) is 1. The SMILES string of the molecule is CCOc1ccc(C(=O)NCC(CC)C(=O)O)cc1OC. The van der Waals surface area contributed by atoms with Gasteiger partial charge in [-0.2, -0.15) is 0 Å². The maximum Gasteiger partial charge on any atom is 0.308 e. The zero-order valence-corrected chi connectivity index (χ0v) is 12.5. The molecule has 1 amide bonds. The Bertz CT molecular complexity index is 501. The number of hydrogen-bond acceptors (Lipinski definition) is 4. The van der Waals surface area contributed by atoms with Crippen LogP contribution in [0.25, 0.3) is 0 Å². The van der Waals surface area contributed by atoms with Gasteiger partial charge >= 0.3 is 5.97 Å². The highest BCUT2D eigenvalue weighted by Crippen LogP contribution is 2.27. The number of hydrogen-bond donors (Lipinski definition) is 2. The Morgan fingerprint density at radius 2 is 2.00 bits per heavy atom. The molecule has 0 aliphatic carbocycles. The maximum atomic E-state index is 12.0. The van der Waals surface area contributed by atoms with Crippen molar-refractivity contribution in [1.29, 1.82) is 0 Å². The summed E-state index contributed by atoms with van der Waals surface area (Å²) in [6.45, 7) is 4.22. The van der Waals surface area contributed by atoms with Crippen molar-refractivity contribution < 1.29 is 24.2 Å². The van der Waals surface area contributed by atoms with Crippen molar-refractivity contribution in [2.24, 2.45) is 5.92 Å². The van der Waals surface area contributed by atoms with Crippen molar-refractivity contribution in [2.75, 3.05) is 20.3 Å². The van der Waals surface area contributed by atoms with E-state index >= 15 is 0 Å². The van der Waals surface area contributed by atoms with Gasteiger partial charge < -0.3 is 19.9 Å². The van der Waals surface area contributed by atoms with Gasteiger partial charge in [-0.1, -0.05) is 6.92 Å². The molecule has 0 fully saturated rings. The zero-order valence-electron chi connectivity index (χ0n) is 12.5. The summed E-state index contributed by atoms with van der Waals surface area (Å²) in [6.07, 6.45) is 0.461. The highest BCUT2D eigenvalue weighted by molar-refractivity contribution is 5.95. The molecule has 1 aromatic carbocycles. The van der Waals surface area contributed by atoms with Crippen molar-refractivity contribution in [3.63, 3.8) is 0 Å². The third-order valence-electron chi connectivity index (χ3n) is 3.08. The van der Waals surface area contributed by atoms with Gasteiger partial charge in [0.1, 0.15) is 0 Å². The number of carboxylic acid groups (broad SMARTS) is 1. The minimum atomic E-state index is -0.915. The second kappa shape index (κ2) is 8.14. The third-order valence-corrected chi connectivity index (χ3v) is 3.08. The highest BCUT2D eigenvalue weighted by atomic mass is 16.5. The van der Waals surface area contributed by atoms with Gasteiger partial charge in [0.2, 0.25) is 0 Å². The van der Waals surface area contributed by atoms with E-state index in [0.29, 0.717) is 30.1 Å². The summed E-state index contributed by atoms with van der Waals surface area (Å²) in [6, 6.07) is 4.85. The average Bonchev–Trinajstić information content (AvgIpc) is 2.48. The Morgan fingerprint density at radius 3 is 2.52 bits per heavy atom. The van der Waals surface area contributed by atoms with Crippen molar-refractivity contribution in [3.8, 4) is 11.5 Å². The molecule has 0 aromatic heterocycles. The van der Waals surface area contributed by atoms with Gasteiger partial charge in [-0.05, 0) is 31.5 Å². The van der Waals surface area contributed by atoms with E-state index in [-0.39, 0.29) is 12.5 Å². The molecule has 0 aliphatic heterocycles. The molecule has 6 nitrogen and oxygen atoms in total.